The van der Waals surface area contributed by atoms with E-state index in [4.69, 9.17) is 14.2 Å². The maximum absolute atomic E-state index is 11.6. The Morgan fingerprint density at radius 1 is 1.23 bits per heavy atom. The average molecular weight is 410 g/mol. The molecular formula is C22H26N4O4. The summed E-state index contributed by atoms with van der Waals surface area (Å²) in [5, 5.41) is 2.88. The molecule has 1 aromatic carbocycles. The van der Waals surface area contributed by atoms with Crippen molar-refractivity contribution >= 4 is 16.9 Å². The van der Waals surface area contributed by atoms with Crippen LogP contribution in [0.5, 0.6) is 17.4 Å². The van der Waals surface area contributed by atoms with Crippen LogP contribution in [0.15, 0.2) is 30.6 Å². The van der Waals surface area contributed by atoms with Gasteiger partial charge in [-0.05, 0) is 38.1 Å². The molecule has 1 N–H and O–H groups in total. The van der Waals surface area contributed by atoms with Crippen molar-refractivity contribution in [1.29, 1.82) is 0 Å². The lowest BCUT2D eigenvalue weighted by Gasteiger charge is -2.21. The Morgan fingerprint density at radius 2 is 2.07 bits per heavy atom. The summed E-state index contributed by atoms with van der Waals surface area (Å²) in [6, 6.07) is 7.68. The largest absolute Gasteiger partial charge is 0.491 e. The first-order valence-corrected chi connectivity index (χ1v) is 10.1. The van der Waals surface area contributed by atoms with Crippen molar-refractivity contribution in [3.05, 3.63) is 30.6 Å². The number of ether oxygens (including phenoxy) is 3. The summed E-state index contributed by atoms with van der Waals surface area (Å²) in [4.78, 5) is 20.8. The van der Waals surface area contributed by atoms with Crippen molar-refractivity contribution in [1.82, 2.24) is 19.9 Å². The van der Waals surface area contributed by atoms with Crippen molar-refractivity contribution < 1.29 is 19.0 Å². The molecule has 1 aliphatic rings. The van der Waals surface area contributed by atoms with Crippen LogP contribution in [0.3, 0.4) is 0 Å². The molecule has 30 heavy (non-hydrogen) atoms. The molecule has 1 fully saturated rings. The fourth-order valence-electron chi connectivity index (χ4n) is 3.79. The summed E-state index contributed by atoms with van der Waals surface area (Å²) in [5.41, 5.74) is 3.36. The Kier molecular flexibility index (Phi) is 5.48. The molecule has 0 spiro atoms. The SMILES string of the molecule is CCn1cnc2cc(-c3ccc(OC)c(OC)n3)cc(OC(C)C3CNC(=O)C3)c21. The fraction of sp³-hybridized carbons (Fsp3) is 0.409. The molecule has 1 saturated heterocycles. The Labute approximate surface area is 175 Å². The van der Waals surface area contributed by atoms with E-state index in [9.17, 15) is 4.79 Å². The minimum atomic E-state index is -0.124. The maximum Gasteiger partial charge on any atom is 0.257 e. The zero-order valence-corrected chi connectivity index (χ0v) is 17.6. The molecule has 2 aromatic heterocycles. The molecule has 2 unspecified atom stereocenters. The molecule has 158 valence electrons. The molecule has 0 bridgehead atoms. The summed E-state index contributed by atoms with van der Waals surface area (Å²) >= 11 is 0. The topological polar surface area (TPSA) is 87.5 Å². The van der Waals surface area contributed by atoms with E-state index in [0.29, 0.717) is 24.6 Å². The molecule has 2 atom stereocenters. The van der Waals surface area contributed by atoms with E-state index in [-0.39, 0.29) is 17.9 Å². The van der Waals surface area contributed by atoms with Crippen LogP contribution in [0.2, 0.25) is 0 Å². The second-order valence-electron chi connectivity index (χ2n) is 7.37. The van der Waals surface area contributed by atoms with Crippen LogP contribution in [0.1, 0.15) is 20.3 Å². The maximum atomic E-state index is 11.6. The van der Waals surface area contributed by atoms with Gasteiger partial charge in [0.25, 0.3) is 5.88 Å². The molecule has 4 rings (SSSR count). The molecule has 0 radical (unpaired) electrons. The number of imidazole rings is 1. The molecule has 1 amide bonds. The predicted molar refractivity (Wildman–Crippen MR) is 113 cm³/mol. The number of carbonyl (C=O) groups is 1. The highest BCUT2D eigenvalue weighted by Gasteiger charge is 2.28. The zero-order valence-electron chi connectivity index (χ0n) is 17.6. The summed E-state index contributed by atoms with van der Waals surface area (Å²) in [5.74, 6) is 1.92. The molecule has 0 aliphatic carbocycles. The quantitative estimate of drug-likeness (QED) is 0.644. The highest BCUT2D eigenvalue weighted by Crippen LogP contribution is 2.35. The van der Waals surface area contributed by atoms with Gasteiger partial charge >= 0.3 is 0 Å². The van der Waals surface area contributed by atoms with Crippen LogP contribution < -0.4 is 19.5 Å². The molecule has 3 heterocycles. The van der Waals surface area contributed by atoms with E-state index in [1.807, 2.05) is 37.5 Å². The number of hydrogen-bond donors (Lipinski definition) is 1. The van der Waals surface area contributed by atoms with E-state index in [1.165, 1.54) is 0 Å². The van der Waals surface area contributed by atoms with Gasteiger partial charge in [0.05, 0.1) is 31.8 Å². The van der Waals surface area contributed by atoms with Crippen LogP contribution in [-0.2, 0) is 11.3 Å². The van der Waals surface area contributed by atoms with Crippen LogP contribution >= 0.6 is 0 Å². The van der Waals surface area contributed by atoms with Gasteiger partial charge in [0.1, 0.15) is 17.4 Å². The third-order valence-corrected chi connectivity index (χ3v) is 5.54. The van der Waals surface area contributed by atoms with Gasteiger partial charge in [-0.15, -0.1) is 0 Å². The van der Waals surface area contributed by atoms with Gasteiger partial charge in [-0.1, -0.05) is 0 Å². The molecule has 8 nitrogen and oxygen atoms in total. The van der Waals surface area contributed by atoms with E-state index >= 15 is 0 Å². The summed E-state index contributed by atoms with van der Waals surface area (Å²) in [7, 11) is 3.15. The number of nitrogens with zero attached hydrogens (tertiary/aromatic N) is 3. The van der Waals surface area contributed by atoms with Gasteiger partial charge in [0.2, 0.25) is 5.91 Å². The van der Waals surface area contributed by atoms with Crippen molar-refractivity contribution in [2.45, 2.75) is 32.9 Å². The second-order valence-corrected chi connectivity index (χ2v) is 7.37. The standard InChI is InChI=1S/C22H26N4O4/c1-5-26-12-24-17-8-14(16-6-7-18(28-3)22(25-16)29-4)9-19(21(17)26)30-13(2)15-10-20(27)23-11-15/h6-9,12-13,15H,5,10-11H2,1-4H3,(H,23,27). The summed E-state index contributed by atoms with van der Waals surface area (Å²) in [6.07, 6.45) is 2.17. The molecule has 8 heteroatoms. The number of fused-ring (bicyclic) bond motifs is 1. The lowest BCUT2D eigenvalue weighted by molar-refractivity contribution is -0.119. The smallest absolute Gasteiger partial charge is 0.257 e. The second kappa shape index (κ2) is 8.22. The van der Waals surface area contributed by atoms with Crippen molar-refractivity contribution in [3.63, 3.8) is 0 Å². The van der Waals surface area contributed by atoms with Crippen LogP contribution in [0, 0.1) is 5.92 Å². The van der Waals surface area contributed by atoms with Crippen LogP contribution in [0.25, 0.3) is 22.3 Å². The fourth-order valence-corrected chi connectivity index (χ4v) is 3.79. The number of carbonyl (C=O) groups excluding carboxylic acids is 1. The zero-order chi connectivity index (χ0) is 21.3. The first-order valence-electron chi connectivity index (χ1n) is 10.1. The minimum Gasteiger partial charge on any atom is -0.491 e. The number of aryl methyl sites for hydroxylation is 1. The lowest BCUT2D eigenvalue weighted by atomic mass is 10.0. The number of methoxy groups -OCH3 is 2. The predicted octanol–water partition coefficient (Wildman–Crippen LogP) is 3.04. The lowest BCUT2D eigenvalue weighted by Crippen LogP contribution is -2.25. The van der Waals surface area contributed by atoms with Crippen LogP contribution in [0.4, 0.5) is 0 Å². The number of benzene rings is 1. The van der Waals surface area contributed by atoms with Crippen molar-refractivity contribution in [2.75, 3.05) is 20.8 Å². The van der Waals surface area contributed by atoms with Crippen LogP contribution in [-0.4, -0.2) is 47.3 Å². The normalized spacial score (nSPS) is 17.1. The molecule has 0 saturated carbocycles. The number of amides is 1. The number of aromatic nitrogens is 3. The van der Waals surface area contributed by atoms with E-state index in [2.05, 4.69) is 26.8 Å². The van der Waals surface area contributed by atoms with Gasteiger partial charge in [-0.2, -0.15) is 0 Å². The molecule has 1 aliphatic heterocycles. The summed E-state index contributed by atoms with van der Waals surface area (Å²) < 4.78 is 19.1. The first kappa shape index (κ1) is 20.0. The number of rotatable bonds is 7. The highest BCUT2D eigenvalue weighted by atomic mass is 16.5. The monoisotopic (exact) mass is 410 g/mol. The number of nitrogens with one attached hydrogen (secondary N) is 1. The third kappa shape index (κ3) is 3.65. The van der Waals surface area contributed by atoms with Gasteiger partial charge in [0.15, 0.2) is 5.75 Å². The number of pyridine rings is 1. The Hall–Kier alpha value is -3.29. The minimum absolute atomic E-state index is 0.0717. The Morgan fingerprint density at radius 3 is 2.73 bits per heavy atom. The summed E-state index contributed by atoms with van der Waals surface area (Å²) in [6.45, 7) is 5.48. The van der Waals surface area contributed by atoms with E-state index < -0.39 is 0 Å². The van der Waals surface area contributed by atoms with Gasteiger partial charge in [0, 0.05) is 31.0 Å². The van der Waals surface area contributed by atoms with E-state index in [0.717, 1.165) is 34.6 Å². The molecular weight excluding hydrogens is 384 g/mol. The highest BCUT2D eigenvalue weighted by molar-refractivity contribution is 5.87. The van der Waals surface area contributed by atoms with Crippen molar-refractivity contribution in [3.8, 4) is 28.6 Å². The van der Waals surface area contributed by atoms with Gasteiger partial charge in [-0.25, -0.2) is 9.97 Å². The number of hydrogen-bond acceptors (Lipinski definition) is 6. The van der Waals surface area contributed by atoms with E-state index in [1.54, 1.807) is 14.2 Å². The average Bonchev–Trinajstić information content (AvgIpc) is 3.39. The Bertz CT molecular complexity index is 1080. The molecule has 3 aromatic rings. The third-order valence-electron chi connectivity index (χ3n) is 5.54. The first-order chi connectivity index (χ1) is 14.5. The Balaban J connectivity index is 1.76. The van der Waals surface area contributed by atoms with Gasteiger partial charge in [-0.3, -0.25) is 4.79 Å². The van der Waals surface area contributed by atoms with Gasteiger partial charge < -0.3 is 24.1 Å². The van der Waals surface area contributed by atoms with Crippen molar-refractivity contribution in [2.24, 2.45) is 5.92 Å².